The Morgan fingerprint density at radius 2 is 2.14 bits per heavy atom. The topological polar surface area (TPSA) is 73.2 Å². The van der Waals surface area contributed by atoms with Crippen molar-refractivity contribution in [1.82, 2.24) is 9.66 Å². The number of esters is 1. The van der Waals surface area contributed by atoms with Gasteiger partial charge in [0.05, 0.1) is 30.8 Å². The summed E-state index contributed by atoms with van der Waals surface area (Å²) in [4.78, 5) is 29.3. The van der Waals surface area contributed by atoms with Gasteiger partial charge < -0.3 is 10.2 Å². The molecule has 0 saturated heterocycles. The Bertz CT molecular complexity index is 749. The van der Waals surface area contributed by atoms with E-state index in [-0.39, 0.29) is 12.0 Å². The zero-order valence-corrected chi connectivity index (χ0v) is 13.9. The molecule has 2 rings (SSSR count). The molecule has 0 fully saturated rings. The normalized spacial score (nSPS) is 10.5. The van der Waals surface area contributed by atoms with Crippen molar-refractivity contribution in [2.24, 2.45) is 0 Å². The standard InChI is InChI=1S/C15H19N3O3S/c1-9-5-6-18(15(20)12(9)7-14(19)21-4)16-8-13-10(2)17-11(3)22-13/h5-6,16H,7-8H2,1-4H3. The Hall–Kier alpha value is -2.15. The number of hydrogen-bond donors (Lipinski definition) is 1. The number of pyridine rings is 1. The molecule has 0 aliphatic heterocycles. The van der Waals surface area contributed by atoms with Crippen LogP contribution in [0.15, 0.2) is 17.1 Å². The van der Waals surface area contributed by atoms with Gasteiger partial charge in [-0.1, -0.05) is 0 Å². The average Bonchev–Trinajstić information content (AvgIpc) is 2.80. The van der Waals surface area contributed by atoms with E-state index in [9.17, 15) is 9.59 Å². The van der Waals surface area contributed by atoms with Crippen LogP contribution in [0.3, 0.4) is 0 Å². The summed E-state index contributed by atoms with van der Waals surface area (Å²) in [6, 6.07) is 1.80. The lowest BCUT2D eigenvalue weighted by atomic mass is 10.1. The minimum Gasteiger partial charge on any atom is -0.469 e. The number of rotatable bonds is 5. The second kappa shape index (κ2) is 6.74. The van der Waals surface area contributed by atoms with Crippen molar-refractivity contribution in [3.63, 3.8) is 0 Å². The van der Waals surface area contributed by atoms with Gasteiger partial charge in [0.25, 0.3) is 5.56 Å². The molecular weight excluding hydrogens is 302 g/mol. The lowest BCUT2D eigenvalue weighted by molar-refractivity contribution is -0.139. The average molecular weight is 321 g/mol. The molecule has 2 heterocycles. The molecule has 0 atom stereocenters. The Balaban J connectivity index is 2.21. The zero-order chi connectivity index (χ0) is 16.3. The van der Waals surface area contributed by atoms with Crippen LogP contribution < -0.4 is 11.0 Å². The molecule has 2 aromatic rings. The maximum Gasteiger partial charge on any atom is 0.310 e. The molecule has 0 aliphatic carbocycles. The first kappa shape index (κ1) is 16.2. The summed E-state index contributed by atoms with van der Waals surface area (Å²) in [7, 11) is 1.31. The Labute approximate surface area is 132 Å². The number of carbonyl (C=O) groups is 1. The highest BCUT2D eigenvalue weighted by Gasteiger charge is 2.12. The highest BCUT2D eigenvalue weighted by Crippen LogP contribution is 2.16. The quantitative estimate of drug-likeness (QED) is 0.848. The number of nitrogens with zero attached hydrogens (tertiary/aromatic N) is 2. The van der Waals surface area contributed by atoms with Crippen LogP contribution in [0.1, 0.15) is 26.7 Å². The van der Waals surface area contributed by atoms with Crippen LogP contribution in [0.4, 0.5) is 0 Å². The largest absolute Gasteiger partial charge is 0.469 e. The van der Waals surface area contributed by atoms with E-state index >= 15 is 0 Å². The Kier molecular flexibility index (Phi) is 4.97. The number of aryl methyl sites for hydroxylation is 3. The van der Waals surface area contributed by atoms with Crippen LogP contribution >= 0.6 is 11.3 Å². The van der Waals surface area contributed by atoms with E-state index in [0.717, 1.165) is 21.1 Å². The number of nitrogens with one attached hydrogen (secondary N) is 1. The van der Waals surface area contributed by atoms with Crippen LogP contribution in [0.25, 0.3) is 0 Å². The summed E-state index contributed by atoms with van der Waals surface area (Å²) in [5.74, 6) is -0.424. The van der Waals surface area contributed by atoms with Gasteiger partial charge in [0.1, 0.15) is 0 Å². The van der Waals surface area contributed by atoms with Crippen LogP contribution in [-0.4, -0.2) is 22.7 Å². The van der Waals surface area contributed by atoms with Gasteiger partial charge in [-0.2, -0.15) is 0 Å². The predicted octanol–water partition coefficient (Wildman–Crippen LogP) is 1.69. The molecule has 0 bridgehead atoms. The van der Waals surface area contributed by atoms with E-state index in [1.54, 1.807) is 30.5 Å². The fourth-order valence-electron chi connectivity index (χ4n) is 2.12. The molecule has 0 saturated carbocycles. The minimum absolute atomic E-state index is 0.0254. The van der Waals surface area contributed by atoms with Gasteiger partial charge in [-0.3, -0.25) is 9.59 Å². The van der Waals surface area contributed by atoms with Crippen molar-refractivity contribution >= 4 is 17.3 Å². The third-order valence-electron chi connectivity index (χ3n) is 3.38. The van der Waals surface area contributed by atoms with E-state index in [1.807, 2.05) is 13.8 Å². The summed E-state index contributed by atoms with van der Waals surface area (Å²) >= 11 is 1.60. The molecule has 118 valence electrons. The SMILES string of the molecule is COC(=O)Cc1c(C)ccn(NCc2sc(C)nc2C)c1=O. The maximum atomic E-state index is 12.4. The van der Waals surface area contributed by atoms with Crippen molar-refractivity contribution in [1.29, 1.82) is 0 Å². The molecule has 0 radical (unpaired) electrons. The Morgan fingerprint density at radius 1 is 1.41 bits per heavy atom. The van der Waals surface area contributed by atoms with Gasteiger partial charge in [0.2, 0.25) is 0 Å². The molecule has 22 heavy (non-hydrogen) atoms. The van der Waals surface area contributed by atoms with Gasteiger partial charge in [-0.05, 0) is 32.4 Å². The number of methoxy groups -OCH3 is 1. The fourth-order valence-corrected chi connectivity index (χ4v) is 2.99. The third-order valence-corrected chi connectivity index (χ3v) is 4.46. The smallest absolute Gasteiger partial charge is 0.310 e. The maximum absolute atomic E-state index is 12.4. The van der Waals surface area contributed by atoms with Crippen molar-refractivity contribution in [3.8, 4) is 0 Å². The van der Waals surface area contributed by atoms with Crippen LogP contribution in [-0.2, 0) is 22.5 Å². The third kappa shape index (κ3) is 3.54. The summed E-state index contributed by atoms with van der Waals surface area (Å²) < 4.78 is 6.04. The van der Waals surface area contributed by atoms with Crippen molar-refractivity contribution in [2.75, 3.05) is 12.5 Å². The van der Waals surface area contributed by atoms with E-state index in [2.05, 4.69) is 15.1 Å². The first-order valence-corrected chi connectivity index (χ1v) is 7.68. The summed E-state index contributed by atoms with van der Waals surface area (Å²) in [6.45, 7) is 6.22. The fraction of sp³-hybridized carbons (Fsp3) is 0.400. The van der Waals surface area contributed by atoms with E-state index in [0.29, 0.717) is 12.1 Å². The van der Waals surface area contributed by atoms with Gasteiger partial charge in [-0.25, -0.2) is 9.66 Å². The monoisotopic (exact) mass is 321 g/mol. The molecule has 0 amide bonds. The first-order valence-electron chi connectivity index (χ1n) is 6.87. The molecule has 0 aliphatic rings. The van der Waals surface area contributed by atoms with E-state index in [4.69, 9.17) is 0 Å². The van der Waals surface area contributed by atoms with Gasteiger partial charge in [0.15, 0.2) is 0 Å². The molecule has 0 spiro atoms. The number of carbonyl (C=O) groups excluding carboxylic acids is 1. The van der Waals surface area contributed by atoms with E-state index < -0.39 is 5.97 Å². The summed E-state index contributed by atoms with van der Waals surface area (Å²) in [6.07, 6.45) is 1.64. The van der Waals surface area contributed by atoms with Crippen molar-refractivity contribution < 1.29 is 9.53 Å². The minimum atomic E-state index is -0.424. The van der Waals surface area contributed by atoms with E-state index in [1.165, 1.54) is 11.8 Å². The summed E-state index contributed by atoms with van der Waals surface area (Å²) in [5, 5.41) is 0.997. The van der Waals surface area contributed by atoms with Crippen molar-refractivity contribution in [2.45, 2.75) is 33.7 Å². The number of ether oxygens (including phenoxy) is 1. The summed E-state index contributed by atoms with van der Waals surface area (Å²) in [5.41, 5.74) is 5.02. The first-order chi connectivity index (χ1) is 10.4. The number of hydrogen-bond acceptors (Lipinski definition) is 6. The van der Waals surface area contributed by atoms with Crippen molar-refractivity contribution in [3.05, 3.63) is 49.3 Å². The molecule has 0 unspecified atom stereocenters. The second-order valence-electron chi connectivity index (χ2n) is 4.98. The lowest BCUT2D eigenvalue weighted by Crippen LogP contribution is -2.32. The number of thiazole rings is 1. The predicted molar refractivity (Wildman–Crippen MR) is 85.8 cm³/mol. The zero-order valence-electron chi connectivity index (χ0n) is 13.1. The number of aromatic nitrogens is 2. The molecule has 2 aromatic heterocycles. The van der Waals surface area contributed by atoms with Crippen LogP contribution in [0.2, 0.25) is 0 Å². The lowest BCUT2D eigenvalue weighted by Gasteiger charge is -2.12. The van der Waals surface area contributed by atoms with Gasteiger partial charge in [-0.15, -0.1) is 11.3 Å². The van der Waals surface area contributed by atoms with Crippen LogP contribution in [0.5, 0.6) is 0 Å². The highest BCUT2D eigenvalue weighted by molar-refractivity contribution is 7.11. The highest BCUT2D eigenvalue weighted by atomic mass is 32.1. The van der Waals surface area contributed by atoms with Crippen LogP contribution in [0, 0.1) is 20.8 Å². The van der Waals surface area contributed by atoms with Gasteiger partial charge in [0, 0.05) is 16.6 Å². The molecule has 7 heteroatoms. The molecule has 6 nitrogen and oxygen atoms in total. The Morgan fingerprint density at radius 3 is 2.73 bits per heavy atom. The molecular formula is C15H19N3O3S. The molecule has 0 aromatic carbocycles. The van der Waals surface area contributed by atoms with Gasteiger partial charge >= 0.3 is 5.97 Å². The molecule has 1 N–H and O–H groups in total. The second-order valence-corrected chi connectivity index (χ2v) is 6.27.